The van der Waals surface area contributed by atoms with Gasteiger partial charge >= 0.3 is 11.9 Å². The zero-order valence-electron chi connectivity index (χ0n) is 24.7. The molecular formula is C32H40ClN3O6. The minimum Gasteiger partial charge on any atom is -0.466 e. The molecule has 1 fully saturated rings. The van der Waals surface area contributed by atoms with Gasteiger partial charge in [0.2, 0.25) is 0 Å². The van der Waals surface area contributed by atoms with Gasteiger partial charge < -0.3 is 19.7 Å². The Bertz CT molecular complexity index is 1350. The van der Waals surface area contributed by atoms with Gasteiger partial charge in [0.15, 0.2) is 0 Å². The molecule has 1 aliphatic heterocycles. The minimum absolute atomic E-state index is 0. The summed E-state index contributed by atoms with van der Waals surface area (Å²) >= 11 is 0. The Labute approximate surface area is 253 Å². The van der Waals surface area contributed by atoms with Gasteiger partial charge in [-0.25, -0.2) is 9.59 Å². The fraction of sp³-hybridized carbons (Fsp3) is 0.438. The smallest absolute Gasteiger partial charge is 0.336 e. The first-order chi connectivity index (χ1) is 19.6. The molecule has 1 N–H and O–H groups in total. The van der Waals surface area contributed by atoms with Crippen LogP contribution < -0.4 is 5.32 Å². The van der Waals surface area contributed by atoms with Crippen LogP contribution in [0.5, 0.6) is 0 Å². The van der Waals surface area contributed by atoms with E-state index in [1.54, 1.807) is 26.0 Å². The Morgan fingerprint density at radius 1 is 1.00 bits per heavy atom. The molecule has 42 heavy (non-hydrogen) atoms. The molecule has 0 spiro atoms. The van der Waals surface area contributed by atoms with E-state index in [4.69, 9.17) is 9.47 Å². The van der Waals surface area contributed by atoms with Crippen LogP contribution in [0.3, 0.4) is 0 Å². The number of hydrogen-bond donors (Lipinski definition) is 1. The summed E-state index contributed by atoms with van der Waals surface area (Å²) in [6.45, 7) is 5.31. The SMILES string of the molecule is COC(=O)C1=C(C)NC(C)=C(C(=O)OCC2(CN(C)Cc3ccccc3)CCCCC2)C1c1cccc([N+](=O)[O-])c1.Cl. The molecule has 226 valence electrons. The van der Waals surface area contributed by atoms with Crippen molar-refractivity contribution in [2.75, 3.05) is 27.3 Å². The lowest BCUT2D eigenvalue weighted by molar-refractivity contribution is -0.384. The number of esters is 2. The van der Waals surface area contributed by atoms with Crippen LogP contribution in [0.4, 0.5) is 5.69 Å². The number of nitro benzene ring substituents is 1. The van der Waals surface area contributed by atoms with Crippen molar-refractivity contribution < 1.29 is 24.0 Å². The molecule has 1 heterocycles. The van der Waals surface area contributed by atoms with Crippen LogP contribution in [0.2, 0.25) is 0 Å². The topological polar surface area (TPSA) is 111 Å². The van der Waals surface area contributed by atoms with E-state index in [-0.39, 0.29) is 41.3 Å². The Morgan fingerprint density at radius 3 is 2.26 bits per heavy atom. The maximum atomic E-state index is 13.9. The van der Waals surface area contributed by atoms with Crippen molar-refractivity contribution >= 4 is 30.0 Å². The summed E-state index contributed by atoms with van der Waals surface area (Å²) in [5, 5.41) is 14.7. The van der Waals surface area contributed by atoms with Gasteiger partial charge in [0, 0.05) is 42.0 Å². The Morgan fingerprint density at radius 2 is 1.64 bits per heavy atom. The third kappa shape index (κ3) is 7.57. The van der Waals surface area contributed by atoms with Crippen molar-refractivity contribution in [2.24, 2.45) is 5.41 Å². The van der Waals surface area contributed by atoms with Gasteiger partial charge in [-0.2, -0.15) is 0 Å². The number of carbonyl (C=O) groups is 2. The number of rotatable bonds is 10. The molecule has 9 nitrogen and oxygen atoms in total. The van der Waals surface area contributed by atoms with E-state index in [0.29, 0.717) is 17.0 Å². The molecule has 0 amide bonds. The highest BCUT2D eigenvalue weighted by Crippen LogP contribution is 2.42. The normalized spacial score (nSPS) is 18.2. The fourth-order valence-corrected chi connectivity index (χ4v) is 6.27. The molecule has 10 heteroatoms. The number of hydrogen-bond acceptors (Lipinski definition) is 8. The molecule has 2 aromatic rings. The van der Waals surface area contributed by atoms with Crippen molar-refractivity contribution in [1.82, 2.24) is 10.2 Å². The predicted octanol–water partition coefficient (Wildman–Crippen LogP) is 6.05. The van der Waals surface area contributed by atoms with Crippen molar-refractivity contribution in [3.63, 3.8) is 0 Å². The summed E-state index contributed by atoms with van der Waals surface area (Å²) in [4.78, 5) is 40.2. The Kier molecular flexibility index (Phi) is 11.3. The number of non-ortho nitro benzene ring substituents is 1. The Balaban J connectivity index is 0.00000484. The number of benzene rings is 2. The second-order valence-electron chi connectivity index (χ2n) is 11.3. The largest absolute Gasteiger partial charge is 0.466 e. The summed E-state index contributed by atoms with van der Waals surface area (Å²) in [5.41, 5.74) is 2.89. The molecule has 2 aromatic carbocycles. The molecule has 0 bridgehead atoms. The van der Waals surface area contributed by atoms with Crippen molar-refractivity contribution in [3.05, 3.63) is 98.4 Å². The molecular weight excluding hydrogens is 558 g/mol. The molecule has 0 radical (unpaired) electrons. The molecule has 0 aromatic heterocycles. The minimum atomic E-state index is -0.876. The lowest BCUT2D eigenvalue weighted by atomic mass is 9.74. The second kappa shape index (κ2) is 14.5. The second-order valence-corrected chi connectivity index (χ2v) is 11.3. The Hall–Kier alpha value is -3.69. The van der Waals surface area contributed by atoms with Crippen LogP contribution in [0, 0.1) is 15.5 Å². The summed E-state index contributed by atoms with van der Waals surface area (Å²) in [7, 11) is 3.37. The maximum Gasteiger partial charge on any atom is 0.336 e. The van der Waals surface area contributed by atoms with Gasteiger partial charge in [0.25, 0.3) is 5.69 Å². The number of nitrogens with one attached hydrogen (secondary N) is 1. The van der Waals surface area contributed by atoms with Gasteiger partial charge in [-0.1, -0.05) is 61.7 Å². The monoisotopic (exact) mass is 597 g/mol. The van der Waals surface area contributed by atoms with Crippen molar-refractivity contribution in [1.29, 1.82) is 0 Å². The van der Waals surface area contributed by atoms with Crippen LogP contribution in [-0.4, -0.2) is 49.1 Å². The maximum absolute atomic E-state index is 13.9. The predicted molar refractivity (Wildman–Crippen MR) is 163 cm³/mol. The lowest BCUT2D eigenvalue weighted by Gasteiger charge is -2.40. The molecule has 1 atom stereocenters. The summed E-state index contributed by atoms with van der Waals surface area (Å²) in [5.74, 6) is -2.04. The summed E-state index contributed by atoms with van der Waals surface area (Å²) in [6, 6.07) is 16.3. The molecule has 1 unspecified atom stereocenters. The third-order valence-electron chi connectivity index (χ3n) is 8.12. The van der Waals surface area contributed by atoms with Crippen LogP contribution in [0.15, 0.2) is 77.1 Å². The van der Waals surface area contributed by atoms with E-state index in [9.17, 15) is 19.7 Å². The van der Waals surface area contributed by atoms with E-state index < -0.39 is 22.8 Å². The third-order valence-corrected chi connectivity index (χ3v) is 8.12. The van der Waals surface area contributed by atoms with E-state index in [1.807, 2.05) is 18.2 Å². The first-order valence-corrected chi connectivity index (χ1v) is 14.0. The quantitative estimate of drug-likeness (QED) is 0.200. The van der Waals surface area contributed by atoms with E-state index in [0.717, 1.165) is 45.2 Å². The van der Waals surface area contributed by atoms with Crippen molar-refractivity contribution in [2.45, 2.75) is 58.4 Å². The number of dihydropyridines is 1. The number of nitro groups is 1. The highest BCUT2D eigenvalue weighted by molar-refractivity contribution is 5.99. The van der Waals surface area contributed by atoms with Gasteiger partial charge in [-0.3, -0.25) is 10.1 Å². The molecule has 2 aliphatic rings. The van der Waals surface area contributed by atoms with E-state index in [1.165, 1.54) is 24.8 Å². The zero-order valence-corrected chi connectivity index (χ0v) is 25.5. The number of carbonyl (C=O) groups excluding carboxylic acids is 2. The average Bonchev–Trinajstić information content (AvgIpc) is 2.96. The highest BCUT2D eigenvalue weighted by atomic mass is 35.5. The number of allylic oxidation sites excluding steroid dienone is 2. The van der Waals surface area contributed by atoms with E-state index in [2.05, 4.69) is 29.4 Å². The van der Waals surface area contributed by atoms with Gasteiger partial charge in [0.1, 0.15) is 0 Å². The number of ether oxygens (including phenoxy) is 2. The van der Waals surface area contributed by atoms with Gasteiger partial charge in [-0.05, 0) is 44.9 Å². The van der Waals surface area contributed by atoms with Crippen LogP contribution in [0.25, 0.3) is 0 Å². The first-order valence-electron chi connectivity index (χ1n) is 14.0. The molecule has 0 saturated heterocycles. The van der Waals surface area contributed by atoms with Crippen LogP contribution >= 0.6 is 12.4 Å². The zero-order chi connectivity index (χ0) is 29.6. The lowest BCUT2D eigenvalue weighted by Crippen LogP contribution is -2.41. The standard InChI is InChI=1S/C32H39N3O6.ClH/c1-22-27(30(36)40-4)29(25-14-11-15-26(18-25)35(38)39)28(23(2)33-22)31(37)41-21-32(16-9-6-10-17-32)20-34(3)19-24-12-7-5-8-13-24;/h5,7-8,11-15,18,29,33H,6,9-10,16-17,19-21H2,1-4H3;1H. The van der Waals surface area contributed by atoms with Crippen LogP contribution in [-0.2, 0) is 25.6 Å². The first kappa shape index (κ1) is 32.8. The number of methoxy groups -OCH3 is 1. The van der Waals surface area contributed by atoms with Crippen molar-refractivity contribution in [3.8, 4) is 0 Å². The fourth-order valence-electron chi connectivity index (χ4n) is 6.27. The van der Waals surface area contributed by atoms with E-state index >= 15 is 0 Å². The van der Waals surface area contributed by atoms with Gasteiger partial charge in [0.05, 0.1) is 35.7 Å². The van der Waals surface area contributed by atoms with Crippen LogP contribution in [0.1, 0.15) is 63.0 Å². The molecule has 1 saturated carbocycles. The number of halogens is 1. The molecule has 4 rings (SSSR count). The molecule has 1 aliphatic carbocycles. The summed E-state index contributed by atoms with van der Waals surface area (Å²) in [6.07, 6.45) is 5.22. The summed E-state index contributed by atoms with van der Waals surface area (Å²) < 4.78 is 11.2. The van der Waals surface area contributed by atoms with Gasteiger partial charge in [-0.15, -0.1) is 12.4 Å². The highest BCUT2D eigenvalue weighted by Gasteiger charge is 2.40. The average molecular weight is 598 g/mol. The number of nitrogens with zero attached hydrogens (tertiary/aromatic N) is 2.